The summed E-state index contributed by atoms with van der Waals surface area (Å²) >= 11 is 0. The van der Waals surface area contributed by atoms with Crippen LogP contribution in [0.25, 0.3) is 0 Å². The number of aromatic nitrogens is 2. The van der Waals surface area contributed by atoms with E-state index in [1.165, 1.54) is 17.3 Å². The molecule has 4 N–H and O–H groups in total. The Hall–Kier alpha value is -2.22. The number of nitrogens with zero attached hydrogens (tertiary/aromatic N) is 3. The van der Waals surface area contributed by atoms with Crippen molar-refractivity contribution in [2.75, 3.05) is 23.4 Å². The summed E-state index contributed by atoms with van der Waals surface area (Å²) in [6.07, 6.45) is 2.90. The summed E-state index contributed by atoms with van der Waals surface area (Å²) in [5, 5.41) is 2.20. The molecule has 1 aromatic rings. The van der Waals surface area contributed by atoms with Gasteiger partial charge in [-0.05, 0) is 0 Å². The number of nitrogen functional groups attached to an aromatic ring is 1. The maximum Gasteiger partial charge on any atom is 0.246 e. The van der Waals surface area contributed by atoms with Crippen LogP contribution in [0.4, 0.5) is 11.6 Å². The largest absolute Gasteiger partial charge is 0.337 e. The van der Waals surface area contributed by atoms with Crippen LogP contribution in [0.3, 0.4) is 0 Å². The number of rotatable bonds is 2. The maximum absolute atomic E-state index is 11.1. The van der Waals surface area contributed by atoms with Gasteiger partial charge < -0.3 is 10.3 Å². The number of carbonyl (C=O) groups is 2. The molecular weight excluding hydrogens is 212 g/mol. The molecule has 8 nitrogen and oxygen atoms in total. The Morgan fingerprint density at radius 2 is 2.00 bits per heavy atom. The lowest BCUT2D eigenvalue weighted by Crippen LogP contribution is -2.51. The zero-order chi connectivity index (χ0) is 11.5. The monoisotopic (exact) mass is 222 g/mol. The number of carbonyl (C=O) groups excluding carboxylic acids is 2. The number of nitrogens with two attached hydrogens (primary N) is 1. The van der Waals surface area contributed by atoms with Crippen LogP contribution in [0.5, 0.6) is 0 Å². The van der Waals surface area contributed by atoms with Crippen molar-refractivity contribution in [3.63, 3.8) is 0 Å². The highest BCUT2D eigenvalue weighted by atomic mass is 16.2. The molecule has 1 saturated heterocycles. The molecule has 0 unspecified atom stereocenters. The van der Waals surface area contributed by atoms with Gasteiger partial charge in [-0.1, -0.05) is 0 Å². The molecule has 1 aliphatic rings. The van der Waals surface area contributed by atoms with Gasteiger partial charge >= 0.3 is 0 Å². The summed E-state index contributed by atoms with van der Waals surface area (Å²) in [5.74, 6) is 5.27. The molecule has 2 amide bonds. The van der Waals surface area contributed by atoms with Crippen LogP contribution >= 0.6 is 0 Å². The first-order valence-corrected chi connectivity index (χ1v) is 4.55. The zero-order valence-electron chi connectivity index (χ0n) is 8.30. The van der Waals surface area contributed by atoms with Gasteiger partial charge in [-0.2, -0.15) is 0 Å². The Bertz CT molecular complexity index is 418. The topological polar surface area (TPSA) is 113 Å². The standard InChI is InChI=1S/C8H10N6O2/c9-13-5-1-10-2-6(11-5)14-3-7(15)12-8(16)4-14/h1-2H,3-4,9H2,(H,11,13)(H,12,15,16). The molecule has 8 heteroatoms. The van der Waals surface area contributed by atoms with Crippen LogP contribution in [-0.2, 0) is 9.59 Å². The number of imide groups is 1. The lowest BCUT2D eigenvalue weighted by Gasteiger charge is -2.26. The van der Waals surface area contributed by atoms with Crippen LogP contribution in [0, 0.1) is 0 Å². The van der Waals surface area contributed by atoms with Crippen molar-refractivity contribution in [2.45, 2.75) is 0 Å². The van der Waals surface area contributed by atoms with E-state index in [0.29, 0.717) is 11.6 Å². The smallest absolute Gasteiger partial charge is 0.246 e. The second-order valence-electron chi connectivity index (χ2n) is 3.23. The van der Waals surface area contributed by atoms with E-state index in [1.807, 2.05) is 0 Å². The predicted octanol–water partition coefficient (Wildman–Crippen LogP) is -1.77. The van der Waals surface area contributed by atoms with Crippen molar-refractivity contribution in [3.05, 3.63) is 12.4 Å². The Morgan fingerprint density at radius 3 is 2.62 bits per heavy atom. The molecule has 2 rings (SSSR count). The van der Waals surface area contributed by atoms with Gasteiger partial charge in [-0.25, -0.2) is 10.8 Å². The minimum atomic E-state index is -0.357. The van der Waals surface area contributed by atoms with Gasteiger partial charge in [0.15, 0.2) is 11.6 Å². The fourth-order valence-electron chi connectivity index (χ4n) is 1.38. The molecule has 2 heterocycles. The fourth-order valence-corrected chi connectivity index (χ4v) is 1.38. The summed E-state index contributed by atoms with van der Waals surface area (Å²) in [7, 11) is 0. The van der Waals surface area contributed by atoms with Crippen molar-refractivity contribution < 1.29 is 9.59 Å². The molecule has 0 aromatic carbocycles. The van der Waals surface area contributed by atoms with Gasteiger partial charge in [-0.15, -0.1) is 0 Å². The third-order valence-corrected chi connectivity index (χ3v) is 2.04. The van der Waals surface area contributed by atoms with Crippen molar-refractivity contribution in [3.8, 4) is 0 Å². The van der Waals surface area contributed by atoms with Crippen molar-refractivity contribution in [1.82, 2.24) is 15.3 Å². The summed E-state index contributed by atoms with van der Waals surface area (Å²) in [6.45, 7) is 0.156. The van der Waals surface area contributed by atoms with Crippen molar-refractivity contribution in [2.24, 2.45) is 5.84 Å². The van der Waals surface area contributed by atoms with Gasteiger partial charge in [0.1, 0.15) is 0 Å². The lowest BCUT2D eigenvalue weighted by atomic mass is 10.3. The van der Waals surface area contributed by atoms with E-state index >= 15 is 0 Å². The number of piperazine rings is 1. The first-order valence-electron chi connectivity index (χ1n) is 4.55. The second-order valence-corrected chi connectivity index (χ2v) is 3.23. The Labute approximate surface area is 90.8 Å². The van der Waals surface area contributed by atoms with Crippen LogP contribution in [0.15, 0.2) is 12.4 Å². The van der Waals surface area contributed by atoms with Crippen molar-refractivity contribution in [1.29, 1.82) is 0 Å². The molecular formula is C8H10N6O2. The zero-order valence-corrected chi connectivity index (χ0v) is 8.30. The third-order valence-electron chi connectivity index (χ3n) is 2.04. The number of nitrogens with one attached hydrogen (secondary N) is 2. The summed E-state index contributed by atoms with van der Waals surface area (Å²) in [5.41, 5.74) is 2.34. The Morgan fingerprint density at radius 1 is 1.31 bits per heavy atom. The van der Waals surface area contributed by atoms with Crippen LogP contribution in [0.2, 0.25) is 0 Å². The van der Waals surface area contributed by atoms with Crippen molar-refractivity contribution >= 4 is 23.5 Å². The highest BCUT2D eigenvalue weighted by molar-refractivity contribution is 6.02. The SMILES string of the molecule is NNc1cncc(N2CC(=O)NC(=O)C2)n1. The van der Waals surface area contributed by atoms with Gasteiger partial charge in [0, 0.05) is 0 Å². The normalized spacial score (nSPS) is 15.9. The van der Waals surface area contributed by atoms with Crippen LogP contribution in [-0.4, -0.2) is 34.9 Å². The number of hydrogen-bond donors (Lipinski definition) is 3. The molecule has 0 bridgehead atoms. The Balaban J connectivity index is 2.22. The van der Waals surface area contributed by atoms with E-state index in [9.17, 15) is 9.59 Å². The molecule has 84 valence electrons. The highest BCUT2D eigenvalue weighted by Gasteiger charge is 2.23. The minimum absolute atomic E-state index is 0.0778. The molecule has 1 fully saturated rings. The minimum Gasteiger partial charge on any atom is -0.337 e. The van der Waals surface area contributed by atoms with E-state index in [0.717, 1.165) is 0 Å². The molecule has 16 heavy (non-hydrogen) atoms. The number of anilines is 2. The van der Waals surface area contributed by atoms with Gasteiger partial charge in [0.05, 0.1) is 25.5 Å². The molecule has 0 atom stereocenters. The van der Waals surface area contributed by atoms with Gasteiger partial charge in [-0.3, -0.25) is 19.9 Å². The van der Waals surface area contributed by atoms with Gasteiger partial charge in [0.25, 0.3) is 0 Å². The lowest BCUT2D eigenvalue weighted by molar-refractivity contribution is -0.130. The van der Waals surface area contributed by atoms with E-state index < -0.39 is 0 Å². The quantitative estimate of drug-likeness (QED) is 0.308. The summed E-state index contributed by atoms with van der Waals surface area (Å²) in [4.78, 5) is 31.8. The maximum atomic E-state index is 11.1. The van der Waals surface area contributed by atoms with Crippen LogP contribution < -0.4 is 21.5 Å². The molecule has 1 aromatic heterocycles. The highest BCUT2D eigenvalue weighted by Crippen LogP contribution is 2.12. The third kappa shape index (κ3) is 2.06. The predicted molar refractivity (Wildman–Crippen MR) is 55.2 cm³/mol. The average Bonchev–Trinajstić information content (AvgIpc) is 2.28. The number of hydrogen-bond acceptors (Lipinski definition) is 7. The van der Waals surface area contributed by atoms with E-state index in [4.69, 9.17) is 5.84 Å². The average molecular weight is 222 g/mol. The first kappa shape index (κ1) is 10.3. The Kier molecular flexibility index (Phi) is 2.64. The molecule has 0 spiro atoms. The second kappa shape index (κ2) is 4.11. The van der Waals surface area contributed by atoms with E-state index in [2.05, 4.69) is 20.7 Å². The van der Waals surface area contributed by atoms with Gasteiger partial charge in [0.2, 0.25) is 11.8 Å². The van der Waals surface area contributed by atoms with E-state index in [-0.39, 0.29) is 24.9 Å². The van der Waals surface area contributed by atoms with Crippen LogP contribution in [0.1, 0.15) is 0 Å². The first-order chi connectivity index (χ1) is 7.69. The molecule has 0 aliphatic carbocycles. The fraction of sp³-hybridized carbons (Fsp3) is 0.250. The molecule has 0 radical (unpaired) electrons. The molecule has 0 saturated carbocycles. The molecule has 1 aliphatic heterocycles. The summed E-state index contributed by atoms with van der Waals surface area (Å²) < 4.78 is 0. The summed E-state index contributed by atoms with van der Waals surface area (Å²) in [6, 6.07) is 0. The number of hydrazine groups is 1. The van der Waals surface area contributed by atoms with E-state index in [1.54, 1.807) is 0 Å². The number of amides is 2.